The number of carbonyl (C=O) groups excluding carboxylic acids is 1. The molecule has 9 heteroatoms. The van der Waals surface area contributed by atoms with Crippen molar-refractivity contribution >= 4 is 28.7 Å². The van der Waals surface area contributed by atoms with Crippen molar-refractivity contribution in [2.24, 2.45) is 11.5 Å². The summed E-state index contributed by atoms with van der Waals surface area (Å²) in [5.41, 5.74) is 12.6. The van der Waals surface area contributed by atoms with E-state index in [-0.39, 0.29) is 5.91 Å². The monoisotopic (exact) mass is 351 g/mol. The van der Waals surface area contributed by atoms with Crippen molar-refractivity contribution in [1.29, 1.82) is 0 Å². The lowest BCUT2D eigenvalue weighted by Gasteiger charge is -2.12. The molecule has 0 unspecified atom stereocenters. The van der Waals surface area contributed by atoms with Crippen LogP contribution >= 0.6 is 0 Å². The number of carbonyl (C=O) groups is 2. The van der Waals surface area contributed by atoms with Crippen LogP contribution in [0.2, 0.25) is 0 Å². The average Bonchev–Trinajstić information content (AvgIpc) is 2.51. The summed E-state index contributed by atoms with van der Waals surface area (Å²) in [5.74, 6) is -0.280. The van der Waals surface area contributed by atoms with E-state index in [4.69, 9.17) is 30.9 Å². The maximum Gasteiger partial charge on any atom is 0.503 e. The molecule has 1 heterocycles. The molecule has 0 spiro atoms. The molecule has 0 aliphatic carbocycles. The second-order valence-electron chi connectivity index (χ2n) is 5.27. The maximum absolute atomic E-state index is 11.9. The molecular formula is C16H21N3O6. The Morgan fingerprint density at radius 1 is 1.28 bits per heavy atom. The number of carboxylic acid groups (broad SMARTS) is 2. The van der Waals surface area contributed by atoms with Gasteiger partial charge in [0.1, 0.15) is 5.58 Å². The van der Waals surface area contributed by atoms with Gasteiger partial charge in [-0.2, -0.15) is 0 Å². The SMILES string of the molecule is Cc1cc(=O)oc2cc(NC(=O)[C@@H](N)CCCN)ccc12.O=C(O)O. The minimum Gasteiger partial charge on any atom is -0.450 e. The number of hydrogen-bond acceptors (Lipinski definition) is 6. The summed E-state index contributed by atoms with van der Waals surface area (Å²) in [6.07, 6.45) is -0.607. The van der Waals surface area contributed by atoms with E-state index in [2.05, 4.69) is 5.32 Å². The molecule has 9 nitrogen and oxygen atoms in total. The van der Waals surface area contributed by atoms with Gasteiger partial charge in [0, 0.05) is 23.2 Å². The Bertz CT molecular complexity index is 798. The van der Waals surface area contributed by atoms with E-state index in [1.165, 1.54) is 6.07 Å². The Hall–Kier alpha value is -2.91. The Labute approximate surface area is 143 Å². The first-order valence-corrected chi connectivity index (χ1v) is 7.47. The van der Waals surface area contributed by atoms with Crippen molar-refractivity contribution in [1.82, 2.24) is 0 Å². The maximum atomic E-state index is 11.9. The Balaban J connectivity index is 0.000000705. The number of anilines is 1. The quantitative estimate of drug-likeness (QED) is 0.502. The van der Waals surface area contributed by atoms with E-state index < -0.39 is 17.8 Å². The van der Waals surface area contributed by atoms with Crippen LogP contribution in [-0.4, -0.2) is 34.9 Å². The number of benzene rings is 1. The lowest BCUT2D eigenvalue weighted by molar-refractivity contribution is -0.117. The van der Waals surface area contributed by atoms with Gasteiger partial charge in [-0.25, -0.2) is 9.59 Å². The third-order valence-electron chi connectivity index (χ3n) is 3.27. The molecule has 0 aliphatic heterocycles. The summed E-state index contributed by atoms with van der Waals surface area (Å²) >= 11 is 0. The molecule has 2 rings (SSSR count). The van der Waals surface area contributed by atoms with E-state index in [0.717, 1.165) is 10.9 Å². The van der Waals surface area contributed by atoms with Crippen LogP contribution in [0, 0.1) is 6.92 Å². The van der Waals surface area contributed by atoms with E-state index in [1.54, 1.807) is 18.2 Å². The van der Waals surface area contributed by atoms with Gasteiger partial charge in [0.25, 0.3) is 0 Å². The first-order chi connectivity index (χ1) is 11.7. The van der Waals surface area contributed by atoms with Crippen LogP contribution in [0.15, 0.2) is 33.5 Å². The molecule has 1 aromatic heterocycles. The highest BCUT2D eigenvalue weighted by atomic mass is 16.6. The number of aryl methyl sites for hydroxylation is 1. The van der Waals surface area contributed by atoms with Crippen molar-refractivity contribution in [2.45, 2.75) is 25.8 Å². The highest BCUT2D eigenvalue weighted by molar-refractivity contribution is 5.96. The smallest absolute Gasteiger partial charge is 0.450 e. The topological polar surface area (TPSA) is 169 Å². The minimum absolute atomic E-state index is 0.280. The van der Waals surface area contributed by atoms with Crippen molar-refractivity contribution in [3.05, 3.63) is 40.2 Å². The first-order valence-electron chi connectivity index (χ1n) is 7.47. The number of nitrogens with one attached hydrogen (secondary N) is 1. The van der Waals surface area contributed by atoms with E-state index in [9.17, 15) is 9.59 Å². The molecule has 25 heavy (non-hydrogen) atoms. The highest BCUT2D eigenvalue weighted by Crippen LogP contribution is 2.20. The van der Waals surface area contributed by atoms with E-state index >= 15 is 0 Å². The van der Waals surface area contributed by atoms with Crippen molar-refractivity contribution in [2.75, 3.05) is 11.9 Å². The fourth-order valence-electron chi connectivity index (χ4n) is 2.11. The molecule has 1 atom stereocenters. The van der Waals surface area contributed by atoms with Gasteiger partial charge < -0.3 is 31.4 Å². The molecule has 1 amide bonds. The molecule has 7 N–H and O–H groups in total. The van der Waals surface area contributed by atoms with Crippen LogP contribution in [0.4, 0.5) is 10.5 Å². The second kappa shape index (κ2) is 9.40. The van der Waals surface area contributed by atoms with Gasteiger partial charge >= 0.3 is 11.8 Å². The summed E-state index contributed by atoms with van der Waals surface area (Å²) < 4.78 is 5.14. The third kappa shape index (κ3) is 6.61. The lowest BCUT2D eigenvalue weighted by atomic mass is 10.1. The predicted molar refractivity (Wildman–Crippen MR) is 92.8 cm³/mol. The van der Waals surface area contributed by atoms with Crippen molar-refractivity contribution in [3.63, 3.8) is 0 Å². The van der Waals surface area contributed by atoms with Gasteiger partial charge in [0.2, 0.25) is 5.91 Å². The Morgan fingerprint density at radius 3 is 2.52 bits per heavy atom. The van der Waals surface area contributed by atoms with E-state index in [0.29, 0.717) is 30.7 Å². The van der Waals surface area contributed by atoms with Gasteiger partial charge in [-0.3, -0.25) is 4.79 Å². The number of amides is 1. The average molecular weight is 351 g/mol. The molecule has 1 aromatic carbocycles. The molecule has 0 saturated heterocycles. The number of fused-ring (bicyclic) bond motifs is 1. The zero-order valence-corrected chi connectivity index (χ0v) is 13.7. The van der Waals surface area contributed by atoms with Crippen molar-refractivity contribution < 1.29 is 24.2 Å². The lowest BCUT2D eigenvalue weighted by Crippen LogP contribution is -2.35. The van der Waals surface area contributed by atoms with Crippen LogP contribution in [0.5, 0.6) is 0 Å². The second-order valence-corrected chi connectivity index (χ2v) is 5.27. The van der Waals surface area contributed by atoms with Gasteiger partial charge in [-0.15, -0.1) is 0 Å². The fourth-order valence-corrected chi connectivity index (χ4v) is 2.11. The van der Waals surface area contributed by atoms with Gasteiger partial charge in [0.15, 0.2) is 0 Å². The van der Waals surface area contributed by atoms with Crippen LogP contribution < -0.4 is 22.4 Å². The van der Waals surface area contributed by atoms with Gasteiger partial charge in [-0.05, 0) is 44.0 Å². The summed E-state index contributed by atoms with van der Waals surface area (Å²) in [7, 11) is 0. The third-order valence-corrected chi connectivity index (χ3v) is 3.27. The van der Waals surface area contributed by atoms with Gasteiger partial charge in [-0.1, -0.05) is 0 Å². The summed E-state index contributed by atoms with van der Waals surface area (Å²) in [6, 6.07) is 6.01. The number of hydrogen-bond donors (Lipinski definition) is 5. The largest absolute Gasteiger partial charge is 0.503 e. The summed E-state index contributed by atoms with van der Waals surface area (Å²) in [6.45, 7) is 2.33. The standard InChI is InChI=1S/C15H19N3O3.CH2O3/c1-9-7-14(19)21-13-8-10(4-5-11(9)13)18-15(20)12(17)3-2-6-16;2-1(3)4/h4-5,7-8,12H,2-3,6,16-17H2,1H3,(H,18,20);(H2,2,3,4)/t12-;/m0./s1. The van der Waals surface area contributed by atoms with Crippen molar-refractivity contribution in [3.8, 4) is 0 Å². The molecule has 136 valence electrons. The zero-order valence-electron chi connectivity index (χ0n) is 13.7. The Kier molecular flexibility index (Phi) is 7.57. The minimum atomic E-state index is -1.83. The molecular weight excluding hydrogens is 330 g/mol. The fraction of sp³-hybridized carbons (Fsp3) is 0.312. The molecule has 0 fully saturated rings. The number of nitrogens with two attached hydrogens (primary N) is 2. The Morgan fingerprint density at radius 2 is 1.92 bits per heavy atom. The summed E-state index contributed by atoms with van der Waals surface area (Å²) in [5, 5.41) is 17.5. The molecule has 0 aliphatic rings. The zero-order chi connectivity index (χ0) is 19.0. The molecule has 0 saturated carbocycles. The van der Waals surface area contributed by atoms with Crippen LogP contribution in [0.1, 0.15) is 18.4 Å². The van der Waals surface area contributed by atoms with Crippen LogP contribution in [0.3, 0.4) is 0 Å². The molecule has 0 radical (unpaired) electrons. The van der Waals surface area contributed by atoms with Crippen LogP contribution in [-0.2, 0) is 4.79 Å². The molecule has 2 aromatic rings. The number of rotatable bonds is 5. The highest BCUT2D eigenvalue weighted by Gasteiger charge is 2.13. The van der Waals surface area contributed by atoms with E-state index in [1.807, 2.05) is 6.92 Å². The normalized spacial score (nSPS) is 11.3. The first kappa shape index (κ1) is 20.1. The summed E-state index contributed by atoms with van der Waals surface area (Å²) in [4.78, 5) is 31.9. The predicted octanol–water partition coefficient (Wildman–Crippen LogP) is 1.33. The van der Waals surface area contributed by atoms with Crippen LogP contribution in [0.25, 0.3) is 11.0 Å². The molecule has 0 bridgehead atoms. The van der Waals surface area contributed by atoms with Gasteiger partial charge in [0.05, 0.1) is 6.04 Å².